The van der Waals surface area contributed by atoms with Crippen LogP contribution >= 0.6 is 0 Å². The van der Waals surface area contributed by atoms with Gasteiger partial charge in [-0.2, -0.15) is 0 Å². The van der Waals surface area contributed by atoms with Crippen molar-refractivity contribution < 1.29 is 8.42 Å². The van der Waals surface area contributed by atoms with Crippen molar-refractivity contribution in [2.24, 2.45) is 0 Å². The SMILES string of the molecule is CN1CCCC12CS(=O)(=O)C2. The summed E-state index contributed by atoms with van der Waals surface area (Å²) in [6.45, 7) is 1.06. The maximum atomic E-state index is 11.0. The largest absolute Gasteiger partial charge is 0.299 e. The van der Waals surface area contributed by atoms with E-state index < -0.39 is 9.84 Å². The lowest BCUT2D eigenvalue weighted by Crippen LogP contribution is -2.61. The van der Waals surface area contributed by atoms with Gasteiger partial charge in [-0.05, 0) is 26.4 Å². The van der Waals surface area contributed by atoms with Gasteiger partial charge in [-0.3, -0.25) is 4.90 Å². The van der Waals surface area contributed by atoms with E-state index in [2.05, 4.69) is 4.90 Å². The second kappa shape index (κ2) is 1.98. The Labute approximate surface area is 67.3 Å². The van der Waals surface area contributed by atoms with Crippen molar-refractivity contribution in [3.05, 3.63) is 0 Å². The molecule has 0 aromatic carbocycles. The maximum absolute atomic E-state index is 11.0. The second-order valence-electron chi connectivity index (χ2n) is 3.78. The number of hydrogen-bond donors (Lipinski definition) is 0. The molecule has 0 bridgehead atoms. The minimum atomic E-state index is -2.65. The standard InChI is InChI=1S/C7H13NO2S/c1-8-4-2-3-7(8)5-11(9,10)6-7/h2-6H2,1H3. The molecular formula is C7H13NO2S. The molecule has 0 N–H and O–H groups in total. The summed E-state index contributed by atoms with van der Waals surface area (Å²) in [6.07, 6.45) is 2.23. The molecule has 2 rings (SSSR count). The van der Waals surface area contributed by atoms with Crippen molar-refractivity contribution in [2.75, 3.05) is 25.1 Å². The molecule has 0 amide bonds. The first-order valence-electron chi connectivity index (χ1n) is 3.96. The zero-order valence-electron chi connectivity index (χ0n) is 6.71. The average molecular weight is 175 g/mol. The molecule has 0 aliphatic carbocycles. The summed E-state index contributed by atoms with van der Waals surface area (Å²) in [5, 5.41) is 0. The van der Waals surface area contributed by atoms with Gasteiger partial charge >= 0.3 is 0 Å². The predicted octanol–water partition coefficient (Wildman–Crippen LogP) is -0.121. The number of hydrogen-bond acceptors (Lipinski definition) is 3. The number of rotatable bonds is 0. The van der Waals surface area contributed by atoms with Gasteiger partial charge in [0.15, 0.2) is 9.84 Å². The first kappa shape index (κ1) is 7.55. The minimum absolute atomic E-state index is 0.0544. The van der Waals surface area contributed by atoms with Crippen LogP contribution in [0.25, 0.3) is 0 Å². The Balaban J connectivity index is 2.17. The van der Waals surface area contributed by atoms with Crippen LogP contribution in [0.3, 0.4) is 0 Å². The Kier molecular flexibility index (Phi) is 1.36. The van der Waals surface area contributed by atoms with E-state index in [1.165, 1.54) is 0 Å². The summed E-state index contributed by atoms with van der Waals surface area (Å²) in [5.41, 5.74) is 0.0544. The molecule has 0 aromatic heterocycles. The topological polar surface area (TPSA) is 37.4 Å². The van der Waals surface area contributed by atoms with E-state index in [0.717, 1.165) is 19.4 Å². The fourth-order valence-electron chi connectivity index (χ4n) is 2.21. The van der Waals surface area contributed by atoms with Crippen molar-refractivity contribution in [1.29, 1.82) is 0 Å². The summed E-state index contributed by atoms with van der Waals surface area (Å²) in [4.78, 5) is 2.20. The Morgan fingerprint density at radius 3 is 2.36 bits per heavy atom. The molecule has 3 nitrogen and oxygen atoms in total. The Bertz CT molecular complexity index is 258. The van der Waals surface area contributed by atoms with Gasteiger partial charge in [0.05, 0.1) is 11.5 Å². The molecule has 2 aliphatic rings. The smallest absolute Gasteiger partial charge is 0.154 e. The highest BCUT2D eigenvalue weighted by molar-refractivity contribution is 7.93. The second-order valence-corrected chi connectivity index (χ2v) is 5.85. The lowest BCUT2D eigenvalue weighted by atomic mass is 10.0. The Morgan fingerprint density at radius 2 is 2.00 bits per heavy atom. The first-order valence-corrected chi connectivity index (χ1v) is 5.78. The molecule has 0 saturated carbocycles. The average Bonchev–Trinajstić information content (AvgIpc) is 2.10. The number of likely N-dealkylation sites (tertiary alicyclic amines) is 1. The molecule has 64 valence electrons. The molecule has 0 unspecified atom stereocenters. The molecule has 2 aliphatic heterocycles. The van der Waals surface area contributed by atoms with Gasteiger partial charge in [-0.15, -0.1) is 0 Å². The van der Waals surface area contributed by atoms with Crippen LogP contribution in [0.4, 0.5) is 0 Å². The highest BCUT2D eigenvalue weighted by atomic mass is 32.2. The van der Waals surface area contributed by atoms with Gasteiger partial charge < -0.3 is 0 Å². The molecule has 0 radical (unpaired) electrons. The van der Waals surface area contributed by atoms with E-state index in [9.17, 15) is 8.42 Å². The zero-order valence-corrected chi connectivity index (χ0v) is 7.52. The van der Waals surface area contributed by atoms with Crippen LogP contribution in [-0.2, 0) is 9.84 Å². The molecule has 11 heavy (non-hydrogen) atoms. The van der Waals surface area contributed by atoms with Gasteiger partial charge in [-0.25, -0.2) is 8.42 Å². The molecule has 2 fully saturated rings. The van der Waals surface area contributed by atoms with Gasteiger partial charge in [0.25, 0.3) is 0 Å². The Hall–Kier alpha value is -0.0900. The van der Waals surface area contributed by atoms with E-state index >= 15 is 0 Å². The number of nitrogens with zero attached hydrogens (tertiary/aromatic N) is 1. The predicted molar refractivity (Wildman–Crippen MR) is 43.2 cm³/mol. The molecular weight excluding hydrogens is 162 g/mol. The van der Waals surface area contributed by atoms with Crippen molar-refractivity contribution in [3.63, 3.8) is 0 Å². The van der Waals surface area contributed by atoms with Crippen LogP contribution in [0, 0.1) is 0 Å². The third-order valence-corrected chi connectivity index (χ3v) is 4.88. The fraction of sp³-hybridized carbons (Fsp3) is 1.00. The highest BCUT2D eigenvalue weighted by Crippen LogP contribution is 2.37. The van der Waals surface area contributed by atoms with Gasteiger partial charge in [-0.1, -0.05) is 0 Å². The Morgan fingerprint density at radius 1 is 1.36 bits per heavy atom. The first-order chi connectivity index (χ1) is 5.04. The minimum Gasteiger partial charge on any atom is -0.299 e. The van der Waals surface area contributed by atoms with E-state index in [4.69, 9.17) is 0 Å². The summed E-state index contributed by atoms with van der Waals surface area (Å²) in [7, 11) is -0.618. The van der Waals surface area contributed by atoms with Crippen molar-refractivity contribution in [2.45, 2.75) is 18.4 Å². The van der Waals surface area contributed by atoms with Gasteiger partial charge in [0.2, 0.25) is 0 Å². The van der Waals surface area contributed by atoms with Crippen LogP contribution in [0.2, 0.25) is 0 Å². The third-order valence-electron chi connectivity index (χ3n) is 2.92. The van der Waals surface area contributed by atoms with E-state index in [0.29, 0.717) is 11.5 Å². The van der Waals surface area contributed by atoms with Crippen molar-refractivity contribution in [3.8, 4) is 0 Å². The highest BCUT2D eigenvalue weighted by Gasteiger charge is 2.52. The van der Waals surface area contributed by atoms with Gasteiger partial charge in [0, 0.05) is 5.54 Å². The van der Waals surface area contributed by atoms with Crippen LogP contribution in [0.15, 0.2) is 0 Å². The van der Waals surface area contributed by atoms with E-state index in [1.807, 2.05) is 7.05 Å². The van der Waals surface area contributed by atoms with Crippen LogP contribution < -0.4 is 0 Å². The number of sulfone groups is 1. The lowest BCUT2D eigenvalue weighted by Gasteiger charge is -2.43. The summed E-state index contributed by atoms with van der Waals surface area (Å²) >= 11 is 0. The van der Waals surface area contributed by atoms with Crippen LogP contribution in [0.1, 0.15) is 12.8 Å². The van der Waals surface area contributed by atoms with E-state index in [1.54, 1.807) is 0 Å². The summed E-state index contributed by atoms with van der Waals surface area (Å²) in [5.74, 6) is 0.799. The maximum Gasteiger partial charge on any atom is 0.154 e. The summed E-state index contributed by atoms with van der Waals surface area (Å²) < 4.78 is 21.9. The molecule has 2 heterocycles. The van der Waals surface area contributed by atoms with Crippen LogP contribution in [-0.4, -0.2) is 44.0 Å². The summed E-state index contributed by atoms with van der Waals surface area (Å²) in [6, 6.07) is 0. The third kappa shape index (κ3) is 0.999. The molecule has 1 spiro atoms. The lowest BCUT2D eigenvalue weighted by molar-refractivity contribution is 0.205. The van der Waals surface area contributed by atoms with Crippen LogP contribution in [0.5, 0.6) is 0 Å². The zero-order chi connectivity index (χ0) is 8.11. The molecule has 0 aromatic rings. The molecule has 2 saturated heterocycles. The van der Waals surface area contributed by atoms with Crippen molar-refractivity contribution >= 4 is 9.84 Å². The fourth-order valence-corrected chi connectivity index (χ4v) is 4.50. The quantitative estimate of drug-likeness (QED) is 0.515. The van der Waals surface area contributed by atoms with E-state index in [-0.39, 0.29) is 5.54 Å². The van der Waals surface area contributed by atoms with Crippen molar-refractivity contribution in [1.82, 2.24) is 4.90 Å². The van der Waals surface area contributed by atoms with Gasteiger partial charge in [0.1, 0.15) is 0 Å². The normalized spacial score (nSPS) is 33.9. The molecule has 4 heteroatoms. The molecule has 0 atom stereocenters. The monoisotopic (exact) mass is 175 g/mol.